The second-order valence-electron chi connectivity index (χ2n) is 3.17. The van der Waals surface area contributed by atoms with E-state index in [0.717, 1.165) is 25.6 Å². The summed E-state index contributed by atoms with van der Waals surface area (Å²) in [6.07, 6.45) is 1.66. The van der Waals surface area contributed by atoms with Crippen LogP contribution in [0.1, 0.15) is 5.82 Å². The predicted octanol–water partition coefficient (Wildman–Crippen LogP) is 0.562. The van der Waals surface area contributed by atoms with E-state index in [-0.39, 0.29) is 0 Å². The number of aromatic nitrogens is 2. The molecule has 4 nitrogen and oxygen atoms in total. The van der Waals surface area contributed by atoms with E-state index >= 15 is 0 Å². The van der Waals surface area contributed by atoms with E-state index in [1.807, 2.05) is 11.6 Å². The third kappa shape index (κ3) is 1.85. The zero-order chi connectivity index (χ0) is 9.26. The van der Waals surface area contributed by atoms with Gasteiger partial charge in [0.1, 0.15) is 11.0 Å². The van der Waals surface area contributed by atoms with Crippen molar-refractivity contribution in [2.24, 2.45) is 7.05 Å². The topological polar surface area (TPSA) is 39.1 Å². The van der Waals surface area contributed by atoms with Gasteiger partial charge < -0.3 is 14.6 Å². The van der Waals surface area contributed by atoms with E-state index in [4.69, 9.17) is 16.3 Å². The van der Waals surface area contributed by atoms with Crippen LogP contribution in [-0.4, -0.2) is 28.8 Å². The van der Waals surface area contributed by atoms with Crippen LogP contribution in [0.4, 0.5) is 0 Å². The molecule has 1 saturated heterocycles. The second kappa shape index (κ2) is 3.65. The van der Waals surface area contributed by atoms with Gasteiger partial charge in [-0.1, -0.05) is 11.6 Å². The summed E-state index contributed by atoms with van der Waals surface area (Å²) in [4.78, 5) is 4.17. The van der Waals surface area contributed by atoms with Crippen LogP contribution in [0.5, 0.6) is 0 Å². The summed E-state index contributed by atoms with van der Waals surface area (Å²) >= 11 is 5.84. The Kier molecular flexibility index (Phi) is 2.53. The Morgan fingerprint density at radius 2 is 2.54 bits per heavy atom. The molecule has 13 heavy (non-hydrogen) atoms. The fraction of sp³-hybridized carbons (Fsp3) is 0.625. The van der Waals surface area contributed by atoms with Crippen LogP contribution in [0.3, 0.4) is 0 Å². The number of hydrogen-bond acceptors (Lipinski definition) is 3. The first-order valence-electron chi connectivity index (χ1n) is 4.24. The standard InChI is InChI=1S/C8H12ClN3O/c1-12-7(9)2-11-8(12)3-10-6-4-13-5-6/h2,6,10H,3-5H2,1H3. The first-order chi connectivity index (χ1) is 6.27. The minimum absolute atomic E-state index is 0.482. The number of imidazole rings is 1. The summed E-state index contributed by atoms with van der Waals surface area (Å²) in [7, 11) is 1.91. The molecule has 1 aromatic heterocycles. The van der Waals surface area contributed by atoms with E-state index in [0.29, 0.717) is 11.2 Å². The fourth-order valence-corrected chi connectivity index (χ4v) is 1.32. The molecule has 0 aliphatic carbocycles. The monoisotopic (exact) mass is 201 g/mol. The maximum atomic E-state index is 5.84. The molecule has 0 saturated carbocycles. The lowest BCUT2D eigenvalue weighted by atomic mass is 10.2. The first kappa shape index (κ1) is 8.99. The number of ether oxygens (including phenoxy) is 1. The molecule has 2 rings (SSSR count). The van der Waals surface area contributed by atoms with Crippen molar-refractivity contribution in [1.82, 2.24) is 14.9 Å². The quantitative estimate of drug-likeness (QED) is 0.777. The van der Waals surface area contributed by atoms with Gasteiger partial charge in [-0.05, 0) is 0 Å². The summed E-state index contributed by atoms with van der Waals surface area (Å²) in [5, 5.41) is 3.99. The molecule has 0 amide bonds. The molecule has 0 unspecified atom stereocenters. The molecule has 0 spiro atoms. The van der Waals surface area contributed by atoms with Crippen LogP contribution < -0.4 is 5.32 Å². The maximum Gasteiger partial charge on any atom is 0.128 e. The molecule has 0 atom stereocenters. The fourth-order valence-electron chi connectivity index (χ4n) is 1.18. The minimum Gasteiger partial charge on any atom is -0.378 e. The van der Waals surface area contributed by atoms with Gasteiger partial charge in [-0.25, -0.2) is 4.98 Å². The molecule has 0 aromatic carbocycles. The number of halogens is 1. The van der Waals surface area contributed by atoms with Crippen molar-refractivity contribution in [2.45, 2.75) is 12.6 Å². The molecule has 5 heteroatoms. The first-order valence-corrected chi connectivity index (χ1v) is 4.62. The Morgan fingerprint density at radius 1 is 1.77 bits per heavy atom. The Hall–Kier alpha value is -0.580. The number of rotatable bonds is 3. The van der Waals surface area contributed by atoms with Crippen molar-refractivity contribution in [3.05, 3.63) is 17.2 Å². The van der Waals surface area contributed by atoms with Crippen LogP contribution in [0, 0.1) is 0 Å². The summed E-state index contributed by atoms with van der Waals surface area (Å²) in [5.74, 6) is 0.955. The molecule has 1 aliphatic rings. The molecule has 0 bridgehead atoms. The normalized spacial score (nSPS) is 17.4. The zero-order valence-corrected chi connectivity index (χ0v) is 8.21. The third-order valence-corrected chi connectivity index (χ3v) is 2.57. The lowest BCUT2D eigenvalue weighted by molar-refractivity contribution is -0.00612. The van der Waals surface area contributed by atoms with E-state index in [2.05, 4.69) is 10.3 Å². The van der Waals surface area contributed by atoms with E-state index in [9.17, 15) is 0 Å². The molecule has 1 fully saturated rings. The number of nitrogens with zero attached hydrogens (tertiary/aromatic N) is 2. The highest BCUT2D eigenvalue weighted by atomic mass is 35.5. The molecule has 72 valence electrons. The molecular weight excluding hydrogens is 190 g/mol. The lowest BCUT2D eigenvalue weighted by Gasteiger charge is -2.26. The molecule has 1 aromatic rings. The van der Waals surface area contributed by atoms with Gasteiger partial charge in [0.15, 0.2) is 0 Å². The van der Waals surface area contributed by atoms with E-state index in [1.54, 1.807) is 6.20 Å². The number of hydrogen-bond donors (Lipinski definition) is 1. The van der Waals surface area contributed by atoms with Crippen LogP contribution in [-0.2, 0) is 18.3 Å². The average molecular weight is 202 g/mol. The van der Waals surface area contributed by atoms with E-state index < -0.39 is 0 Å². The molecule has 1 N–H and O–H groups in total. The van der Waals surface area contributed by atoms with Crippen LogP contribution >= 0.6 is 11.6 Å². The van der Waals surface area contributed by atoms with Crippen molar-refractivity contribution >= 4 is 11.6 Å². The molecule has 1 aliphatic heterocycles. The SMILES string of the molecule is Cn1c(Cl)cnc1CNC1COC1. The Morgan fingerprint density at radius 3 is 3.00 bits per heavy atom. The van der Waals surface area contributed by atoms with Gasteiger partial charge in [0.2, 0.25) is 0 Å². The van der Waals surface area contributed by atoms with E-state index in [1.165, 1.54) is 0 Å². The second-order valence-corrected chi connectivity index (χ2v) is 3.56. The Bertz CT molecular complexity index is 296. The summed E-state index contributed by atoms with van der Waals surface area (Å²) in [6, 6.07) is 0.482. The number of nitrogens with one attached hydrogen (secondary N) is 1. The largest absolute Gasteiger partial charge is 0.378 e. The van der Waals surface area contributed by atoms with Crippen molar-refractivity contribution in [1.29, 1.82) is 0 Å². The van der Waals surface area contributed by atoms with Gasteiger partial charge >= 0.3 is 0 Å². The van der Waals surface area contributed by atoms with Crippen LogP contribution in [0.15, 0.2) is 6.20 Å². The zero-order valence-electron chi connectivity index (χ0n) is 7.46. The summed E-state index contributed by atoms with van der Waals surface area (Å²) in [6.45, 7) is 2.35. The van der Waals surface area contributed by atoms with Crippen molar-refractivity contribution < 1.29 is 4.74 Å². The predicted molar refractivity (Wildman–Crippen MR) is 49.7 cm³/mol. The van der Waals surface area contributed by atoms with Gasteiger partial charge in [-0.2, -0.15) is 0 Å². The highest BCUT2D eigenvalue weighted by molar-refractivity contribution is 6.29. The van der Waals surface area contributed by atoms with Gasteiger partial charge in [0.25, 0.3) is 0 Å². The Labute approximate surface area is 81.9 Å². The van der Waals surface area contributed by atoms with Crippen LogP contribution in [0.25, 0.3) is 0 Å². The van der Waals surface area contributed by atoms with Gasteiger partial charge in [0, 0.05) is 7.05 Å². The molecule has 0 radical (unpaired) electrons. The van der Waals surface area contributed by atoms with Gasteiger partial charge in [-0.15, -0.1) is 0 Å². The van der Waals surface area contributed by atoms with Crippen molar-refractivity contribution in [3.8, 4) is 0 Å². The molecular formula is C8H12ClN3O. The van der Waals surface area contributed by atoms with Gasteiger partial charge in [0.05, 0.1) is 32.0 Å². The maximum absolute atomic E-state index is 5.84. The van der Waals surface area contributed by atoms with Crippen molar-refractivity contribution in [3.63, 3.8) is 0 Å². The van der Waals surface area contributed by atoms with Crippen molar-refractivity contribution in [2.75, 3.05) is 13.2 Å². The summed E-state index contributed by atoms with van der Waals surface area (Å²) < 4.78 is 6.91. The summed E-state index contributed by atoms with van der Waals surface area (Å²) in [5.41, 5.74) is 0. The Balaban J connectivity index is 1.89. The minimum atomic E-state index is 0.482. The highest BCUT2D eigenvalue weighted by Crippen LogP contribution is 2.09. The smallest absolute Gasteiger partial charge is 0.128 e. The highest BCUT2D eigenvalue weighted by Gasteiger charge is 2.17. The molecule has 2 heterocycles. The van der Waals surface area contributed by atoms with Crippen LogP contribution in [0.2, 0.25) is 5.15 Å². The lowest BCUT2D eigenvalue weighted by Crippen LogP contribution is -2.45. The average Bonchev–Trinajstić information content (AvgIpc) is 2.33. The third-order valence-electron chi connectivity index (χ3n) is 2.21. The van der Waals surface area contributed by atoms with Gasteiger partial charge in [-0.3, -0.25) is 0 Å².